The Morgan fingerprint density at radius 3 is 2.06 bits per heavy atom. The van der Waals surface area contributed by atoms with Crippen LogP contribution in [0.2, 0.25) is 0 Å². The average Bonchev–Trinajstić information content (AvgIpc) is 3.77. The number of hydrogen-bond donors (Lipinski definition) is 0. The molecule has 0 bridgehead atoms. The van der Waals surface area contributed by atoms with Crippen LogP contribution in [0.1, 0.15) is 109 Å². The molecule has 16 atom stereocenters. The van der Waals surface area contributed by atoms with E-state index in [0.29, 0.717) is 6.42 Å². The minimum absolute atomic E-state index is 0.0849. The predicted octanol–water partition coefficient (Wildman–Crippen LogP) is 5.42. The van der Waals surface area contributed by atoms with Crippen molar-refractivity contribution in [2.24, 2.45) is 17.8 Å². The third kappa shape index (κ3) is 12.2. The fraction of sp³-hybridized carbons (Fsp3) is 0.783. The second-order valence-corrected chi connectivity index (χ2v) is 18.7. The first kappa shape index (κ1) is 52.8. The van der Waals surface area contributed by atoms with Gasteiger partial charge in [0.05, 0.1) is 42.0 Å². The molecule has 1 aromatic rings. The number of Topliss-reactive ketones (excluding diaryl/α,β-unsaturated/α-hetero) is 1. The van der Waals surface area contributed by atoms with E-state index in [2.05, 4.69) is 4.98 Å². The first-order valence-electron chi connectivity index (χ1n) is 22.2. The lowest BCUT2D eigenvalue weighted by molar-refractivity contribution is -0.320. The number of nitrogens with zero attached hydrogens (tertiary/aromatic N) is 3. The maximum Gasteiger partial charge on any atom is 0.420 e. The van der Waals surface area contributed by atoms with E-state index in [0.717, 1.165) is 4.57 Å². The first-order valence-corrected chi connectivity index (χ1v) is 22.2. The van der Waals surface area contributed by atoms with Gasteiger partial charge in [0.2, 0.25) is 0 Å². The van der Waals surface area contributed by atoms with Crippen LogP contribution in [0.15, 0.2) is 30.4 Å². The van der Waals surface area contributed by atoms with E-state index in [-0.39, 0.29) is 42.8 Å². The summed E-state index contributed by atoms with van der Waals surface area (Å²) in [6, 6.07) is -0.299. The lowest BCUT2D eigenvalue weighted by Crippen LogP contribution is -2.61. The minimum Gasteiger partial charge on any atom is -0.457 e. The highest BCUT2D eigenvalue weighted by Gasteiger charge is 2.54. The molecule has 2 fully saturated rings. The van der Waals surface area contributed by atoms with Gasteiger partial charge in [0, 0.05) is 58.7 Å². The summed E-state index contributed by atoms with van der Waals surface area (Å²) in [6.45, 7) is 20.2. The van der Waals surface area contributed by atoms with Gasteiger partial charge in [-0.2, -0.15) is 0 Å². The molecule has 0 saturated carbocycles. The summed E-state index contributed by atoms with van der Waals surface area (Å²) in [5.74, 6) is -4.59. The normalized spacial score (nSPS) is 39.3. The zero-order valence-electron chi connectivity index (χ0n) is 40.6. The number of carbonyl (C=O) groups excluding carboxylic acids is 5. The first-order chi connectivity index (χ1) is 29.8. The number of allylic oxidation sites excluding steroid dienone is 1. The number of esters is 3. The Morgan fingerprint density at radius 2 is 1.52 bits per heavy atom. The summed E-state index contributed by atoms with van der Waals surface area (Å²) in [7, 11) is 6.80. The standard InChI is InChI=1S/C46H73N3O15/c1-17-34-44(10,64-43(54)49-19-18-47-24-49)21-25(2)36(52)26(3)22-45(11,55-15)39(63-42-38(59-31(8)50)33(48(13)14)20-27(4)57-42)28(5)37(29(6)41(53)61-34)62-35-23-46(12,56-16)40(30(7)58-35)60-32(9)51/h18-19,21,24,26-30,33-35,37-40,42H,17,20,22-23H2,1-16H3. The molecule has 0 aromatic carbocycles. The fourth-order valence-corrected chi connectivity index (χ4v) is 9.64. The van der Waals surface area contributed by atoms with E-state index in [4.69, 9.17) is 47.4 Å². The van der Waals surface area contributed by atoms with Gasteiger partial charge in [-0.3, -0.25) is 19.2 Å². The van der Waals surface area contributed by atoms with Crippen molar-refractivity contribution in [3.63, 3.8) is 0 Å². The third-order valence-electron chi connectivity index (χ3n) is 13.1. The van der Waals surface area contributed by atoms with E-state index >= 15 is 0 Å². The molecule has 0 radical (unpaired) electrons. The molecule has 0 aliphatic carbocycles. The van der Waals surface area contributed by atoms with Crippen molar-refractivity contribution in [1.82, 2.24) is 14.5 Å². The fourth-order valence-electron chi connectivity index (χ4n) is 9.64. The Kier molecular flexibility index (Phi) is 17.9. The van der Waals surface area contributed by atoms with E-state index in [1.54, 1.807) is 48.5 Å². The SMILES string of the molecule is CCC1OC(=O)C(C)C(OC2CC(C)(OC)C(OC(C)=O)C(C)O2)C(C)C(OC2OC(C)CC(N(C)C)C2OC(C)=O)C(C)(OC)CC(C)C(=O)C(C)=CC1(C)OC(=O)n1ccnc1. The number of ether oxygens (including phenoxy) is 10. The molecule has 362 valence electrons. The Morgan fingerprint density at radius 1 is 0.891 bits per heavy atom. The highest BCUT2D eigenvalue weighted by molar-refractivity contribution is 5.96. The van der Waals surface area contributed by atoms with Gasteiger partial charge in [-0.1, -0.05) is 20.8 Å². The molecule has 4 heterocycles. The molecule has 0 N–H and O–H groups in total. The van der Waals surface area contributed by atoms with Crippen molar-refractivity contribution in [1.29, 1.82) is 0 Å². The molecule has 0 spiro atoms. The summed E-state index contributed by atoms with van der Waals surface area (Å²) in [5.41, 5.74) is -3.75. The predicted molar refractivity (Wildman–Crippen MR) is 231 cm³/mol. The highest BCUT2D eigenvalue weighted by Crippen LogP contribution is 2.42. The van der Waals surface area contributed by atoms with Gasteiger partial charge in [0.25, 0.3) is 0 Å². The molecule has 3 aliphatic heterocycles. The van der Waals surface area contributed by atoms with Crippen LogP contribution in [-0.4, -0.2) is 151 Å². The third-order valence-corrected chi connectivity index (χ3v) is 13.1. The number of carbonyl (C=O) groups is 5. The minimum atomic E-state index is -1.63. The van der Waals surface area contributed by atoms with E-state index in [1.165, 1.54) is 52.9 Å². The number of ketones is 1. The van der Waals surface area contributed by atoms with Crippen molar-refractivity contribution in [3.8, 4) is 0 Å². The number of aromatic nitrogens is 2. The molecule has 18 nitrogen and oxygen atoms in total. The Balaban J connectivity index is 1.93. The lowest BCUT2D eigenvalue weighted by atomic mass is 9.76. The van der Waals surface area contributed by atoms with Crippen LogP contribution >= 0.6 is 0 Å². The van der Waals surface area contributed by atoms with Crippen molar-refractivity contribution >= 4 is 29.8 Å². The monoisotopic (exact) mass is 908 g/mol. The van der Waals surface area contributed by atoms with Crippen LogP contribution in [0.25, 0.3) is 0 Å². The Labute approximate surface area is 378 Å². The van der Waals surface area contributed by atoms with Gasteiger partial charge in [0.1, 0.15) is 18.0 Å². The molecule has 0 amide bonds. The van der Waals surface area contributed by atoms with Crippen molar-refractivity contribution in [3.05, 3.63) is 30.4 Å². The molecular weight excluding hydrogens is 835 g/mol. The van der Waals surface area contributed by atoms with Crippen LogP contribution in [0.3, 0.4) is 0 Å². The van der Waals surface area contributed by atoms with Crippen LogP contribution in [0.4, 0.5) is 4.79 Å². The van der Waals surface area contributed by atoms with Crippen molar-refractivity contribution < 1.29 is 71.3 Å². The van der Waals surface area contributed by atoms with E-state index in [1.807, 2.05) is 39.8 Å². The number of hydrogen-bond acceptors (Lipinski definition) is 17. The van der Waals surface area contributed by atoms with Gasteiger partial charge in [-0.25, -0.2) is 14.3 Å². The number of likely N-dealkylation sites (N-methyl/N-ethyl adjacent to an activating group) is 1. The van der Waals surface area contributed by atoms with Crippen LogP contribution < -0.4 is 0 Å². The summed E-state index contributed by atoms with van der Waals surface area (Å²) in [5, 5.41) is 0. The summed E-state index contributed by atoms with van der Waals surface area (Å²) in [6.07, 6.45) is -2.27. The topological polar surface area (TPSA) is 199 Å². The second-order valence-electron chi connectivity index (χ2n) is 18.7. The van der Waals surface area contributed by atoms with Gasteiger partial charge in [-0.15, -0.1) is 0 Å². The van der Waals surface area contributed by atoms with Gasteiger partial charge < -0.3 is 52.3 Å². The molecule has 18 heteroatoms. The number of cyclic esters (lactones) is 1. The number of rotatable bonds is 11. The van der Waals surface area contributed by atoms with E-state index in [9.17, 15) is 24.0 Å². The maximum absolute atomic E-state index is 14.8. The van der Waals surface area contributed by atoms with E-state index < -0.39 is 108 Å². The second kappa shape index (κ2) is 21.7. The maximum atomic E-state index is 14.8. The summed E-state index contributed by atoms with van der Waals surface area (Å²) < 4.78 is 64.5. The molecule has 4 rings (SSSR count). The van der Waals surface area contributed by atoms with Crippen molar-refractivity contribution in [2.45, 2.75) is 187 Å². The Hall–Kier alpha value is -3.78. The largest absolute Gasteiger partial charge is 0.457 e. The zero-order chi connectivity index (χ0) is 48.1. The van der Waals surface area contributed by atoms with Crippen LogP contribution in [0.5, 0.6) is 0 Å². The van der Waals surface area contributed by atoms with Crippen LogP contribution in [0, 0.1) is 17.8 Å². The van der Waals surface area contributed by atoms with Gasteiger partial charge in [0.15, 0.2) is 36.2 Å². The van der Waals surface area contributed by atoms with Crippen LogP contribution in [-0.2, 0) is 66.5 Å². The smallest absolute Gasteiger partial charge is 0.420 e. The molecule has 3 aliphatic rings. The van der Waals surface area contributed by atoms with Gasteiger partial charge >= 0.3 is 24.0 Å². The Bertz CT molecular complexity index is 1810. The lowest BCUT2D eigenvalue weighted by Gasteiger charge is -2.50. The zero-order valence-corrected chi connectivity index (χ0v) is 40.6. The highest BCUT2D eigenvalue weighted by atomic mass is 16.7. The molecule has 64 heavy (non-hydrogen) atoms. The molecular formula is C46H73N3O15. The molecule has 16 unspecified atom stereocenters. The molecule has 2 saturated heterocycles. The average molecular weight is 908 g/mol. The van der Waals surface area contributed by atoms with Crippen molar-refractivity contribution in [2.75, 3.05) is 28.3 Å². The van der Waals surface area contributed by atoms with Gasteiger partial charge in [-0.05, 0) is 93.5 Å². The number of methoxy groups -OCH3 is 2. The summed E-state index contributed by atoms with van der Waals surface area (Å²) >= 11 is 0. The number of imidazole rings is 1. The summed E-state index contributed by atoms with van der Waals surface area (Å²) in [4.78, 5) is 73.6. The quantitative estimate of drug-likeness (QED) is 0.201. The molecule has 1 aromatic heterocycles.